The highest BCUT2D eigenvalue weighted by atomic mass is 35.5. The number of hydrogen-bond acceptors (Lipinski definition) is 11. The van der Waals surface area contributed by atoms with E-state index >= 15 is 0 Å². The summed E-state index contributed by atoms with van der Waals surface area (Å²) in [4.78, 5) is 66.4. The Hall–Kier alpha value is -4.66. The summed E-state index contributed by atoms with van der Waals surface area (Å²) in [5.41, 5.74) is 2.57. The zero-order valence-electron chi connectivity index (χ0n) is 27.0. The molecule has 0 radical (unpaired) electrons. The Morgan fingerprint density at radius 2 is 1.88 bits per heavy atom. The number of ether oxygens (including phenoxy) is 2. The molecule has 12 nitrogen and oxygen atoms in total. The molecule has 6 rings (SSSR count). The Kier molecular flexibility index (Phi) is 10.1. The zero-order chi connectivity index (χ0) is 34.8. The number of esters is 2. The molecule has 2 amide bonds. The van der Waals surface area contributed by atoms with Gasteiger partial charge in [-0.05, 0) is 43.2 Å². The Labute approximate surface area is 291 Å². The van der Waals surface area contributed by atoms with Gasteiger partial charge < -0.3 is 24.5 Å². The summed E-state index contributed by atoms with van der Waals surface area (Å²) in [5.74, 6) is -1.29. The molecule has 2 fully saturated rings. The number of fused-ring (bicyclic) bond motifs is 1. The van der Waals surface area contributed by atoms with Gasteiger partial charge in [-0.2, -0.15) is 0 Å². The predicted octanol–water partition coefficient (Wildman–Crippen LogP) is 4.14. The molecular weight excluding hydrogens is 675 g/mol. The maximum Gasteiger partial charge on any atom is 0.338 e. The molecule has 2 saturated heterocycles. The third-order valence-electron chi connectivity index (χ3n) is 8.87. The Bertz CT molecular complexity index is 1830. The van der Waals surface area contributed by atoms with Crippen molar-refractivity contribution in [3.63, 3.8) is 0 Å². The lowest BCUT2D eigenvalue weighted by Gasteiger charge is -2.42. The number of amides is 2. The van der Waals surface area contributed by atoms with Gasteiger partial charge >= 0.3 is 18.0 Å². The first kappa shape index (κ1) is 34.2. The van der Waals surface area contributed by atoms with Crippen LogP contribution in [0, 0.1) is 5.82 Å². The quantitative estimate of drug-likeness (QED) is 0.309. The standard InChI is InChI=1S/C34H34ClFN6O6S/c1-19(43)4-5-20-6-9-22(10-7-20)42-18-26-29(33(45)48-3)40(13-14-41(26)34(42)46)17-25-27(32(44)47-2)28(23-11-8-21(36)16-24(23)35)39-30(38-25)31-37-12-15-49-31/h6-12,15-16,26,28-29H,4-5,13-14,17-18H2,1-3H3,(H,38,39)/t26-,28+,29+/m1/s1. The number of aryl methyl sites for hydroxylation is 1. The van der Waals surface area contributed by atoms with Gasteiger partial charge in [0.05, 0.1) is 32.4 Å². The molecule has 0 unspecified atom stereocenters. The van der Waals surface area contributed by atoms with Crippen LogP contribution in [0.1, 0.15) is 35.5 Å². The molecule has 3 atom stereocenters. The lowest BCUT2D eigenvalue weighted by molar-refractivity contribution is -0.150. The van der Waals surface area contributed by atoms with Crippen LogP contribution >= 0.6 is 22.9 Å². The largest absolute Gasteiger partial charge is 0.468 e. The number of nitrogens with one attached hydrogen (secondary N) is 1. The van der Waals surface area contributed by atoms with Crippen LogP contribution in [0.15, 0.2) is 70.3 Å². The topological polar surface area (TPSA) is 134 Å². The molecule has 1 aromatic heterocycles. The Morgan fingerprint density at radius 1 is 1.10 bits per heavy atom. The predicted molar refractivity (Wildman–Crippen MR) is 181 cm³/mol. The molecule has 4 heterocycles. The van der Waals surface area contributed by atoms with E-state index < -0.39 is 35.9 Å². The maximum atomic E-state index is 14.1. The minimum absolute atomic E-state index is 0.0489. The smallest absolute Gasteiger partial charge is 0.338 e. The third kappa shape index (κ3) is 6.94. The van der Waals surface area contributed by atoms with E-state index in [0.29, 0.717) is 47.2 Å². The number of piperazine rings is 1. The highest BCUT2D eigenvalue weighted by Gasteiger charge is 2.50. The molecule has 49 heavy (non-hydrogen) atoms. The maximum absolute atomic E-state index is 14.1. The van der Waals surface area contributed by atoms with E-state index in [1.165, 1.54) is 37.7 Å². The lowest BCUT2D eigenvalue weighted by atomic mass is 9.94. The van der Waals surface area contributed by atoms with E-state index in [1.807, 2.05) is 29.2 Å². The van der Waals surface area contributed by atoms with Gasteiger partial charge in [-0.25, -0.2) is 19.0 Å². The minimum atomic E-state index is -0.976. The van der Waals surface area contributed by atoms with Gasteiger partial charge in [0.25, 0.3) is 0 Å². The van der Waals surface area contributed by atoms with Crippen molar-refractivity contribution in [1.82, 2.24) is 20.1 Å². The van der Waals surface area contributed by atoms with Gasteiger partial charge in [0.15, 0.2) is 10.8 Å². The number of urea groups is 1. The number of rotatable bonds is 10. The summed E-state index contributed by atoms with van der Waals surface area (Å²) in [6, 6.07) is 8.69. The summed E-state index contributed by atoms with van der Waals surface area (Å²) >= 11 is 7.84. The molecular formula is C34H34ClFN6O6S. The lowest BCUT2D eigenvalue weighted by Crippen LogP contribution is -2.62. The number of nitrogens with zero attached hydrogens (tertiary/aromatic N) is 5. The van der Waals surface area contributed by atoms with Gasteiger partial charge in [0.1, 0.15) is 23.7 Å². The summed E-state index contributed by atoms with van der Waals surface area (Å²) in [5, 5.41) is 5.66. The molecule has 3 aliphatic heterocycles. The van der Waals surface area contributed by atoms with Crippen LogP contribution in [-0.4, -0.2) is 96.9 Å². The van der Waals surface area contributed by atoms with Gasteiger partial charge in [-0.1, -0.05) is 29.8 Å². The number of aliphatic imine (C=N–C) groups is 1. The number of halogens is 2. The Balaban J connectivity index is 1.34. The fourth-order valence-corrected chi connectivity index (χ4v) is 7.32. The van der Waals surface area contributed by atoms with E-state index in [1.54, 1.807) is 28.3 Å². The molecule has 0 spiro atoms. The highest BCUT2D eigenvalue weighted by Crippen LogP contribution is 2.38. The second-order valence-corrected chi connectivity index (χ2v) is 13.2. The number of ketones is 1. The first-order valence-electron chi connectivity index (χ1n) is 15.6. The molecule has 15 heteroatoms. The molecule has 3 aliphatic rings. The number of thiazole rings is 1. The number of methoxy groups -OCH3 is 2. The van der Waals surface area contributed by atoms with E-state index in [-0.39, 0.29) is 42.0 Å². The molecule has 2 aromatic carbocycles. The average Bonchev–Trinajstić information content (AvgIpc) is 3.75. The van der Waals surface area contributed by atoms with Crippen LogP contribution in [0.5, 0.6) is 0 Å². The number of carbonyl (C=O) groups excluding carboxylic acids is 4. The first-order chi connectivity index (χ1) is 23.6. The van der Waals surface area contributed by atoms with Crippen molar-refractivity contribution in [1.29, 1.82) is 0 Å². The molecule has 0 saturated carbocycles. The molecule has 0 aliphatic carbocycles. The van der Waals surface area contributed by atoms with Crippen LogP contribution in [0.3, 0.4) is 0 Å². The van der Waals surface area contributed by atoms with Gasteiger partial charge in [-0.15, -0.1) is 11.3 Å². The van der Waals surface area contributed by atoms with Crippen LogP contribution in [0.4, 0.5) is 14.9 Å². The highest BCUT2D eigenvalue weighted by molar-refractivity contribution is 7.11. The number of carbonyl (C=O) groups is 4. The van der Waals surface area contributed by atoms with Crippen molar-refractivity contribution in [3.05, 3.63) is 92.3 Å². The van der Waals surface area contributed by atoms with E-state index in [0.717, 1.165) is 11.6 Å². The normalized spacial score (nSPS) is 20.9. The van der Waals surface area contributed by atoms with Gasteiger partial charge in [-0.3, -0.25) is 19.6 Å². The fraction of sp³-hybridized carbons (Fsp3) is 0.353. The number of Topliss-reactive ketones (excluding diaryl/α,β-unsaturated/α-hetero) is 1. The SMILES string of the molecule is COC(=O)C1=C(CN2CCN3C(=O)N(c4ccc(CCC(C)=O)cc4)C[C@@H]3[C@H]2C(=O)OC)NC(c2nccs2)=N[C@H]1c1ccc(F)cc1Cl. The summed E-state index contributed by atoms with van der Waals surface area (Å²) in [6.45, 7) is 2.42. The zero-order valence-corrected chi connectivity index (χ0v) is 28.6. The van der Waals surface area contributed by atoms with Crippen LogP contribution in [0.25, 0.3) is 0 Å². The van der Waals surface area contributed by atoms with Crippen molar-refractivity contribution >= 4 is 58.2 Å². The number of hydrogen-bond donors (Lipinski definition) is 1. The molecule has 1 N–H and O–H groups in total. The third-order valence-corrected chi connectivity index (χ3v) is 9.98. The first-order valence-corrected chi connectivity index (χ1v) is 16.8. The fourth-order valence-electron chi connectivity index (χ4n) is 6.47. The summed E-state index contributed by atoms with van der Waals surface area (Å²) < 4.78 is 24.6. The average molecular weight is 709 g/mol. The monoisotopic (exact) mass is 708 g/mol. The molecule has 0 bridgehead atoms. The van der Waals surface area contributed by atoms with E-state index in [4.69, 9.17) is 26.1 Å². The van der Waals surface area contributed by atoms with Crippen molar-refractivity contribution in [3.8, 4) is 0 Å². The number of anilines is 1. The summed E-state index contributed by atoms with van der Waals surface area (Å²) in [6.07, 6.45) is 2.67. The van der Waals surface area contributed by atoms with E-state index in [2.05, 4.69) is 10.3 Å². The summed E-state index contributed by atoms with van der Waals surface area (Å²) in [7, 11) is 2.55. The van der Waals surface area contributed by atoms with Crippen molar-refractivity contribution in [2.75, 3.05) is 45.3 Å². The minimum Gasteiger partial charge on any atom is -0.468 e. The second kappa shape index (κ2) is 14.4. The number of aromatic nitrogens is 1. The van der Waals surface area contributed by atoms with Gasteiger partial charge in [0.2, 0.25) is 0 Å². The van der Waals surface area contributed by atoms with E-state index in [9.17, 15) is 23.6 Å². The molecule has 3 aromatic rings. The van der Waals surface area contributed by atoms with Crippen molar-refractivity contribution in [2.45, 2.75) is 37.9 Å². The van der Waals surface area contributed by atoms with Crippen molar-refractivity contribution < 1.29 is 33.0 Å². The number of amidine groups is 1. The van der Waals surface area contributed by atoms with Crippen molar-refractivity contribution in [2.24, 2.45) is 4.99 Å². The Morgan fingerprint density at radius 3 is 2.53 bits per heavy atom. The molecule has 256 valence electrons. The van der Waals surface area contributed by atoms with Crippen LogP contribution < -0.4 is 10.2 Å². The van der Waals surface area contributed by atoms with Crippen LogP contribution in [0.2, 0.25) is 5.02 Å². The number of benzene rings is 2. The van der Waals surface area contributed by atoms with Gasteiger partial charge in [0, 0.05) is 59.6 Å². The second-order valence-electron chi connectivity index (χ2n) is 11.9. The van der Waals surface area contributed by atoms with Crippen LogP contribution in [-0.2, 0) is 30.3 Å².